The van der Waals surface area contributed by atoms with E-state index >= 15 is 0 Å². The molecule has 0 aliphatic carbocycles. The summed E-state index contributed by atoms with van der Waals surface area (Å²) >= 11 is 0. The molecular weight excluding hydrogens is 208 g/mol. The molecule has 0 aromatic heterocycles. The van der Waals surface area contributed by atoms with E-state index in [1.54, 1.807) is 4.90 Å². The number of nitrogens with one attached hydrogen (secondary N) is 1. The van der Waals surface area contributed by atoms with Crippen molar-refractivity contribution in [2.75, 3.05) is 19.6 Å². The van der Waals surface area contributed by atoms with Gasteiger partial charge in [0.15, 0.2) is 0 Å². The van der Waals surface area contributed by atoms with Crippen molar-refractivity contribution >= 4 is 11.9 Å². The second kappa shape index (κ2) is 4.41. The van der Waals surface area contributed by atoms with Crippen LogP contribution >= 0.6 is 0 Å². The zero-order valence-corrected chi connectivity index (χ0v) is 9.48. The Bertz CT molecular complexity index is 306. The minimum Gasteiger partial charge on any atom is -0.480 e. The van der Waals surface area contributed by atoms with Gasteiger partial charge in [-0.3, -0.25) is 4.79 Å². The zero-order chi connectivity index (χ0) is 11.7. The monoisotopic (exact) mass is 226 g/mol. The van der Waals surface area contributed by atoms with Crippen LogP contribution in [0.1, 0.15) is 19.8 Å². The van der Waals surface area contributed by atoms with Crippen molar-refractivity contribution in [1.29, 1.82) is 0 Å². The summed E-state index contributed by atoms with van der Waals surface area (Å²) in [4.78, 5) is 24.8. The third-order valence-electron chi connectivity index (χ3n) is 3.66. The van der Waals surface area contributed by atoms with E-state index in [0.717, 1.165) is 13.0 Å². The van der Waals surface area contributed by atoms with Gasteiger partial charge in [0.25, 0.3) is 0 Å². The lowest BCUT2D eigenvalue weighted by atomic mass is 9.96. The molecule has 0 radical (unpaired) electrons. The molecule has 2 aliphatic rings. The predicted octanol–water partition coefficient (Wildman–Crippen LogP) is -0.0825. The van der Waals surface area contributed by atoms with Crippen LogP contribution in [-0.4, -0.2) is 47.6 Å². The van der Waals surface area contributed by atoms with Crippen molar-refractivity contribution in [3.63, 3.8) is 0 Å². The molecule has 2 heterocycles. The Kier molecular flexibility index (Phi) is 3.14. The molecule has 0 bridgehead atoms. The van der Waals surface area contributed by atoms with Gasteiger partial charge in [0.05, 0.1) is 5.92 Å². The van der Waals surface area contributed by atoms with E-state index in [2.05, 4.69) is 5.32 Å². The van der Waals surface area contributed by atoms with Crippen LogP contribution in [0.3, 0.4) is 0 Å². The second-order valence-corrected chi connectivity index (χ2v) is 4.77. The number of carboxylic acid groups (broad SMARTS) is 1. The summed E-state index contributed by atoms with van der Waals surface area (Å²) in [6, 6.07) is -0.597. The third kappa shape index (κ3) is 1.91. The van der Waals surface area contributed by atoms with Crippen molar-refractivity contribution in [3.8, 4) is 0 Å². The number of carboxylic acids is 1. The van der Waals surface area contributed by atoms with Crippen LogP contribution in [0.5, 0.6) is 0 Å². The molecule has 5 heteroatoms. The van der Waals surface area contributed by atoms with Crippen molar-refractivity contribution in [3.05, 3.63) is 0 Å². The highest BCUT2D eigenvalue weighted by Gasteiger charge is 2.39. The largest absolute Gasteiger partial charge is 0.480 e. The van der Waals surface area contributed by atoms with E-state index in [9.17, 15) is 9.59 Å². The minimum atomic E-state index is -0.871. The lowest BCUT2D eigenvalue weighted by molar-refractivity contribution is -0.150. The Morgan fingerprint density at radius 1 is 1.38 bits per heavy atom. The Morgan fingerprint density at radius 2 is 2.12 bits per heavy atom. The number of carbonyl (C=O) groups excluding carboxylic acids is 1. The van der Waals surface area contributed by atoms with Crippen LogP contribution in [0.4, 0.5) is 0 Å². The fourth-order valence-electron chi connectivity index (χ4n) is 2.64. The first-order chi connectivity index (χ1) is 7.61. The molecule has 0 spiro atoms. The molecule has 16 heavy (non-hydrogen) atoms. The number of likely N-dealkylation sites (tertiary alicyclic amines) is 1. The molecule has 2 unspecified atom stereocenters. The lowest BCUT2D eigenvalue weighted by Gasteiger charge is -2.26. The Labute approximate surface area is 94.8 Å². The van der Waals surface area contributed by atoms with Gasteiger partial charge in [0.2, 0.25) is 5.91 Å². The first-order valence-corrected chi connectivity index (χ1v) is 5.85. The summed E-state index contributed by atoms with van der Waals surface area (Å²) in [7, 11) is 0. The van der Waals surface area contributed by atoms with E-state index in [-0.39, 0.29) is 11.8 Å². The third-order valence-corrected chi connectivity index (χ3v) is 3.66. The zero-order valence-electron chi connectivity index (χ0n) is 9.48. The van der Waals surface area contributed by atoms with Crippen molar-refractivity contribution in [2.45, 2.75) is 25.8 Å². The molecule has 3 atom stereocenters. The Hall–Kier alpha value is -1.10. The molecule has 2 rings (SSSR count). The Balaban J connectivity index is 2.06. The van der Waals surface area contributed by atoms with E-state index < -0.39 is 12.0 Å². The number of hydrogen-bond donors (Lipinski definition) is 2. The molecule has 90 valence electrons. The smallest absolute Gasteiger partial charge is 0.326 e. The van der Waals surface area contributed by atoms with Crippen LogP contribution in [-0.2, 0) is 9.59 Å². The molecule has 2 aliphatic heterocycles. The van der Waals surface area contributed by atoms with Gasteiger partial charge in [-0.25, -0.2) is 4.79 Å². The maximum Gasteiger partial charge on any atom is 0.326 e. The standard InChI is InChI=1S/C11H18N2O3/c1-7-5-12-6-8(7)10(14)13-4-2-3-9(13)11(15)16/h7-9,12H,2-6H2,1H3,(H,15,16)/t7?,8?,9-/m0/s1. The molecule has 0 saturated carbocycles. The minimum absolute atomic E-state index is 0.0161. The van der Waals surface area contributed by atoms with Gasteiger partial charge in [-0.2, -0.15) is 0 Å². The lowest BCUT2D eigenvalue weighted by Crippen LogP contribution is -2.45. The average molecular weight is 226 g/mol. The predicted molar refractivity (Wildman–Crippen MR) is 57.9 cm³/mol. The van der Waals surface area contributed by atoms with Crippen LogP contribution in [0, 0.1) is 11.8 Å². The maximum absolute atomic E-state index is 12.2. The average Bonchev–Trinajstić information content (AvgIpc) is 2.84. The molecule has 2 saturated heterocycles. The SMILES string of the molecule is CC1CNCC1C(=O)N1CCC[C@H]1C(=O)O. The highest BCUT2D eigenvalue weighted by molar-refractivity contribution is 5.86. The quantitative estimate of drug-likeness (QED) is 0.691. The molecule has 2 N–H and O–H groups in total. The van der Waals surface area contributed by atoms with Crippen molar-refractivity contribution in [2.24, 2.45) is 11.8 Å². The van der Waals surface area contributed by atoms with Crippen LogP contribution < -0.4 is 5.32 Å². The summed E-state index contributed by atoms with van der Waals surface area (Å²) in [6.07, 6.45) is 1.40. The number of rotatable bonds is 2. The number of carbonyl (C=O) groups is 2. The molecular formula is C11H18N2O3. The van der Waals surface area contributed by atoms with Crippen molar-refractivity contribution < 1.29 is 14.7 Å². The van der Waals surface area contributed by atoms with Gasteiger partial charge < -0.3 is 15.3 Å². The molecule has 5 nitrogen and oxygen atoms in total. The highest BCUT2D eigenvalue weighted by Crippen LogP contribution is 2.24. The number of aliphatic carboxylic acids is 1. The topological polar surface area (TPSA) is 69.6 Å². The van der Waals surface area contributed by atoms with Gasteiger partial charge in [-0.15, -0.1) is 0 Å². The first kappa shape index (κ1) is 11.4. The Morgan fingerprint density at radius 3 is 2.69 bits per heavy atom. The number of nitrogens with zero attached hydrogens (tertiary/aromatic N) is 1. The molecule has 0 aromatic rings. The van der Waals surface area contributed by atoms with E-state index in [4.69, 9.17) is 5.11 Å². The second-order valence-electron chi connectivity index (χ2n) is 4.77. The summed E-state index contributed by atoms with van der Waals surface area (Å²) in [5.74, 6) is -0.589. The normalized spacial score (nSPS) is 34.3. The van der Waals surface area contributed by atoms with Crippen LogP contribution in [0.25, 0.3) is 0 Å². The van der Waals surface area contributed by atoms with Crippen LogP contribution in [0.2, 0.25) is 0 Å². The number of hydrogen-bond acceptors (Lipinski definition) is 3. The van der Waals surface area contributed by atoms with Gasteiger partial charge in [-0.1, -0.05) is 6.92 Å². The summed E-state index contributed by atoms with van der Waals surface area (Å²) in [5.41, 5.74) is 0. The van der Waals surface area contributed by atoms with E-state index in [1.807, 2.05) is 6.92 Å². The van der Waals surface area contributed by atoms with Gasteiger partial charge >= 0.3 is 5.97 Å². The highest BCUT2D eigenvalue weighted by atomic mass is 16.4. The van der Waals surface area contributed by atoms with Gasteiger partial charge in [-0.05, 0) is 25.3 Å². The van der Waals surface area contributed by atoms with Crippen molar-refractivity contribution in [1.82, 2.24) is 10.2 Å². The first-order valence-electron chi connectivity index (χ1n) is 5.85. The van der Waals surface area contributed by atoms with Crippen LogP contribution in [0.15, 0.2) is 0 Å². The molecule has 1 amide bonds. The fourth-order valence-corrected chi connectivity index (χ4v) is 2.64. The summed E-state index contributed by atoms with van der Waals surface area (Å²) < 4.78 is 0. The van der Waals surface area contributed by atoms with E-state index in [0.29, 0.717) is 25.4 Å². The maximum atomic E-state index is 12.2. The number of amides is 1. The fraction of sp³-hybridized carbons (Fsp3) is 0.818. The molecule has 2 fully saturated rings. The van der Waals surface area contributed by atoms with Gasteiger partial charge in [0.1, 0.15) is 6.04 Å². The summed E-state index contributed by atoms with van der Waals surface area (Å²) in [5, 5.41) is 12.2. The van der Waals surface area contributed by atoms with Gasteiger partial charge in [0, 0.05) is 13.1 Å². The summed E-state index contributed by atoms with van der Waals surface area (Å²) in [6.45, 7) is 4.16. The molecule has 0 aromatic carbocycles. The van der Waals surface area contributed by atoms with E-state index in [1.165, 1.54) is 0 Å².